The highest BCUT2D eigenvalue weighted by atomic mass is 32.1. The zero-order valence-corrected chi connectivity index (χ0v) is 13.4. The van der Waals surface area contributed by atoms with E-state index in [4.69, 9.17) is 11.0 Å². The first-order chi connectivity index (χ1) is 10.5. The zero-order chi connectivity index (χ0) is 15.7. The molecule has 0 bridgehead atoms. The van der Waals surface area contributed by atoms with Gasteiger partial charge in [-0.1, -0.05) is 19.3 Å². The van der Waals surface area contributed by atoms with E-state index < -0.39 is 5.60 Å². The average molecular weight is 319 g/mol. The summed E-state index contributed by atoms with van der Waals surface area (Å²) in [4.78, 5) is 15.3. The Morgan fingerprint density at radius 1 is 1.41 bits per heavy atom. The van der Waals surface area contributed by atoms with Crippen molar-refractivity contribution in [1.29, 1.82) is 5.26 Å². The number of aliphatic hydroxyl groups is 1. The van der Waals surface area contributed by atoms with E-state index in [9.17, 15) is 9.90 Å². The molecule has 1 fully saturated rings. The predicted octanol–water partition coefficient (Wildman–Crippen LogP) is 2.17. The lowest BCUT2D eigenvalue weighted by Gasteiger charge is -2.34. The third-order valence-electron chi connectivity index (χ3n) is 4.81. The van der Waals surface area contributed by atoms with Crippen LogP contribution in [0.25, 0.3) is 0 Å². The van der Waals surface area contributed by atoms with Crippen LogP contribution in [0, 0.1) is 11.3 Å². The first-order valence-electron chi connectivity index (χ1n) is 7.83. The number of hydrogen-bond acceptors (Lipinski definition) is 5. The Hall–Kier alpha value is -1.58. The van der Waals surface area contributed by atoms with Gasteiger partial charge in [-0.3, -0.25) is 4.79 Å². The summed E-state index contributed by atoms with van der Waals surface area (Å²) in [6, 6.07) is 2.16. The fourth-order valence-electron chi connectivity index (χ4n) is 3.54. The molecule has 1 aliphatic heterocycles. The number of carbonyl (C=O) groups is 1. The summed E-state index contributed by atoms with van der Waals surface area (Å²) < 4.78 is 0. The molecule has 3 rings (SSSR count). The smallest absolute Gasteiger partial charge is 0.225 e. The minimum absolute atomic E-state index is 0.0144. The largest absolute Gasteiger partial charge is 0.389 e. The number of nitrogens with two attached hydrogens (primary N) is 1. The number of carbonyl (C=O) groups excluding carboxylic acids is 1. The standard InChI is InChI=1S/C16H21N3O2S/c17-9-12-11-4-7-19(10-13(11)22-15(12)18)14(20)8-16(21)5-2-1-3-6-16/h21H,1-8,10,18H2. The van der Waals surface area contributed by atoms with Crippen molar-refractivity contribution in [3.8, 4) is 6.07 Å². The maximum atomic E-state index is 12.5. The molecule has 1 aromatic rings. The van der Waals surface area contributed by atoms with Crippen LogP contribution in [0.4, 0.5) is 5.00 Å². The van der Waals surface area contributed by atoms with Gasteiger partial charge >= 0.3 is 0 Å². The molecule has 2 aliphatic rings. The number of nitrogens with zero attached hydrogens (tertiary/aromatic N) is 2. The van der Waals surface area contributed by atoms with Crippen LogP contribution in [-0.2, 0) is 17.8 Å². The van der Waals surface area contributed by atoms with Crippen LogP contribution >= 0.6 is 11.3 Å². The Bertz CT molecular complexity index is 626. The number of nitrogen functional groups attached to an aromatic ring is 1. The van der Waals surface area contributed by atoms with E-state index in [1.54, 1.807) is 4.90 Å². The molecular formula is C16H21N3O2S. The first-order valence-corrected chi connectivity index (χ1v) is 8.64. The zero-order valence-electron chi connectivity index (χ0n) is 12.6. The minimum atomic E-state index is -0.818. The molecule has 0 aromatic carbocycles. The Morgan fingerprint density at radius 2 is 2.14 bits per heavy atom. The summed E-state index contributed by atoms with van der Waals surface area (Å²) in [6.45, 7) is 1.12. The van der Waals surface area contributed by atoms with Crippen LogP contribution < -0.4 is 5.73 Å². The summed E-state index contributed by atoms with van der Waals surface area (Å²) in [5, 5.41) is 20.2. The fourth-order valence-corrected chi connectivity index (χ4v) is 4.62. The van der Waals surface area contributed by atoms with E-state index in [-0.39, 0.29) is 12.3 Å². The van der Waals surface area contributed by atoms with Crippen molar-refractivity contribution >= 4 is 22.2 Å². The average Bonchev–Trinajstić information content (AvgIpc) is 2.81. The molecule has 5 nitrogen and oxygen atoms in total. The summed E-state index contributed by atoms with van der Waals surface area (Å²) in [7, 11) is 0. The van der Waals surface area contributed by atoms with E-state index >= 15 is 0 Å². The molecule has 6 heteroatoms. The van der Waals surface area contributed by atoms with E-state index in [1.807, 2.05) is 0 Å². The normalized spacial score (nSPS) is 20.3. The van der Waals surface area contributed by atoms with E-state index in [0.717, 1.165) is 42.5 Å². The quantitative estimate of drug-likeness (QED) is 0.874. The molecule has 22 heavy (non-hydrogen) atoms. The van der Waals surface area contributed by atoms with Crippen LogP contribution in [-0.4, -0.2) is 28.1 Å². The van der Waals surface area contributed by atoms with Gasteiger partial charge in [0.15, 0.2) is 0 Å². The van der Waals surface area contributed by atoms with Gasteiger partial charge in [0.1, 0.15) is 11.1 Å². The lowest BCUT2D eigenvalue weighted by Crippen LogP contribution is -2.42. The fraction of sp³-hybridized carbons (Fsp3) is 0.625. The molecule has 1 aromatic heterocycles. The first kappa shape index (κ1) is 15.3. The molecule has 1 aliphatic carbocycles. The van der Waals surface area contributed by atoms with Gasteiger partial charge in [0, 0.05) is 11.4 Å². The lowest BCUT2D eigenvalue weighted by molar-refractivity contribution is -0.138. The Balaban J connectivity index is 1.69. The van der Waals surface area contributed by atoms with Gasteiger partial charge in [-0.2, -0.15) is 5.26 Å². The van der Waals surface area contributed by atoms with E-state index in [0.29, 0.717) is 30.1 Å². The highest BCUT2D eigenvalue weighted by Gasteiger charge is 2.34. The molecule has 2 heterocycles. The third kappa shape index (κ3) is 2.83. The Labute approximate surface area is 134 Å². The molecule has 1 amide bonds. The maximum Gasteiger partial charge on any atom is 0.225 e. The van der Waals surface area contributed by atoms with E-state index in [2.05, 4.69) is 6.07 Å². The summed E-state index contributed by atoms with van der Waals surface area (Å²) in [5.41, 5.74) is 6.65. The van der Waals surface area contributed by atoms with Crippen molar-refractivity contribution in [3.63, 3.8) is 0 Å². The lowest BCUT2D eigenvalue weighted by atomic mass is 9.82. The van der Waals surface area contributed by atoms with Gasteiger partial charge < -0.3 is 15.7 Å². The molecular weight excluding hydrogens is 298 g/mol. The van der Waals surface area contributed by atoms with Gasteiger partial charge in [0.05, 0.1) is 24.1 Å². The number of nitriles is 1. The Morgan fingerprint density at radius 3 is 2.82 bits per heavy atom. The molecule has 0 saturated heterocycles. The monoisotopic (exact) mass is 319 g/mol. The van der Waals surface area contributed by atoms with Crippen LogP contribution in [0.1, 0.15) is 54.5 Å². The van der Waals surface area contributed by atoms with Gasteiger partial charge in [-0.15, -0.1) is 11.3 Å². The summed E-state index contributed by atoms with van der Waals surface area (Å²) in [5.74, 6) is 0.0144. The molecule has 0 unspecified atom stereocenters. The van der Waals surface area contributed by atoms with Crippen molar-refractivity contribution in [1.82, 2.24) is 4.90 Å². The maximum absolute atomic E-state index is 12.5. The van der Waals surface area contributed by atoms with E-state index in [1.165, 1.54) is 11.3 Å². The van der Waals surface area contributed by atoms with Crippen LogP contribution in [0.5, 0.6) is 0 Å². The van der Waals surface area contributed by atoms with Crippen LogP contribution in [0.15, 0.2) is 0 Å². The van der Waals surface area contributed by atoms with Crippen molar-refractivity contribution in [2.24, 2.45) is 0 Å². The number of fused-ring (bicyclic) bond motifs is 1. The van der Waals surface area contributed by atoms with Gasteiger partial charge in [-0.05, 0) is 24.8 Å². The number of rotatable bonds is 2. The molecule has 118 valence electrons. The van der Waals surface area contributed by atoms with Gasteiger partial charge in [0.25, 0.3) is 0 Å². The molecule has 3 N–H and O–H groups in total. The SMILES string of the molecule is N#Cc1c(N)sc2c1CCN(C(=O)CC1(O)CCCCC1)C2. The van der Waals surface area contributed by atoms with Crippen molar-refractivity contribution in [3.05, 3.63) is 16.0 Å². The predicted molar refractivity (Wildman–Crippen MR) is 85.2 cm³/mol. The second-order valence-corrected chi connectivity index (χ2v) is 7.52. The molecule has 0 radical (unpaired) electrons. The van der Waals surface area contributed by atoms with Gasteiger partial charge in [-0.25, -0.2) is 0 Å². The number of anilines is 1. The molecule has 0 spiro atoms. The number of hydrogen-bond donors (Lipinski definition) is 2. The van der Waals surface area contributed by atoms with Gasteiger partial charge in [0.2, 0.25) is 5.91 Å². The van der Waals surface area contributed by atoms with Crippen molar-refractivity contribution < 1.29 is 9.90 Å². The summed E-state index contributed by atoms with van der Waals surface area (Å²) >= 11 is 1.41. The van der Waals surface area contributed by atoms with Crippen molar-refractivity contribution in [2.45, 2.75) is 57.1 Å². The molecule has 1 saturated carbocycles. The minimum Gasteiger partial charge on any atom is -0.389 e. The Kier molecular flexibility index (Phi) is 4.11. The van der Waals surface area contributed by atoms with Crippen LogP contribution in [0.2, 0.25) is 0 Å². The van der Waals surface area contributed by atoms with Crippen LogP contribution in [0.3, 0.4) is 0 Å². The summed E-state index contributed by atoms with van der Waals surface area (Å²) in [6.07, 6.45) is 5.49. The van der Waals surface area contributed by atoms with Crippen molar-refractivity contribution in [2.75, 3.05) is 12.3 Å². The molecule has 0 atom stereocenters. The third-order valence-corrected chi connectivity index (χ3v) is 5.86. The number of thiophene rings is 1. The second-order valence-electron chi connectivity index (χ2n) is 6.38. The second kappa shape index (κ2) is 5.90. The number of amides is 1. The highest BCUT2D eigenvalue weighted by Crippen LogP contribution is 2.36. The highest BCUT2D eigenvalue weighted by molar-refractivity contribution is 7.16. The topological polar surface area (TPSA) is 90.4 Å².